The molecule has 1 aliphatic rings. The van der Waals surface area contributed by atoms with Gasteiger partial charge in [-0.3, -0.25) is 0 Å². The van der Waals surface area contributed by atoms with Gasteiger partial charge in [0, 0.05) is 30.9 Å². The molecule has 1 heterocycles. The first-order chi connectivity index (χ1) is 19.4. The molecule has 0 amide bonds. The largest absolute Gasteiger partial charge is 0.478 e. The van der Waals surface area contributed by atoms with Crippen molar-refractivity contribution in [2.24, 2.45) is 0 Å². The highest BCUT2D eigenvalue weighted by Crippen LogP contribution is 2.11. The second-order valence-corrected chi connectivity index (χ2v) is 10.0. The minimum Gasteiger partial charge on any atom is -0.478 e. The quantitative estimate of drug-likeness (QED) is 0.0558. The molecule has 0 aromatic rings. The molecule has 1 aliphatic heterocycles. The molecule has 40 heavy (non-hydrogen) atoms. The van der Waals surface area contributed by atoms with Gasteiger partial charge in [0.25, 0.3) is 0 Å². The van der Waals surface area contributed by atoms with Crippen molar-refractivity contribution in [1.29, 1.82) is 0 Å². The fourth-order valence-corrected chi connectivity index (χ4v) is 3.85. The number of esters is 3. The Morgan fingerprint density at radius 1 is 0.650 bits per heavy atom. The summed E-state index contributed by atoms with van der Waals surface area (Å²) < 4.78 is 8.85. The Kier molecular flexibility index (Phi) is 32.5. The first-order valence-electron chi connectivity index (χ1n) is 15.5. The monoisotopic (exact) mass is 568 g/mol. The van der Waals surface area contributed by atoms with Gasteiger partial charge < -0.3 is 19.7 Å². The van der Waals surface area contributed by atoms with E-state index in [0.717, 1.165) is 43.6 Å². The number of aliphatic carboxylic acids is 1. The van der Waals surface area contributed by atoms with Crippen LogP contribution in [0.25, 0.3) is 0 Å². The predicted molar refractivity (Wildman–Crippen MR) is 159 cm³/mol. The summed E-state index contributed by atoms with van der Waals surface area (Å²) >= 11 is 0. The van der Waals surface area contributed by atoms with Crippen LogP contribution >= 0.6 is 0 Å². The van der Waals surface area contributed by atoms with E-state index >= 15 is 0 Å². The van der Waals surface area contributed by atoms with Crippen molar-refractivity contribution in [1.82, 2.24) is 0 Å². The topological polar surface area (TPSA) is 127 Å². The number of hydrogen-bond donors (Lipinski definition) is 2. The highest BCUT2D eigenvalue weighted by Gasteiger charge is 2.10. The van der Waals surface area contributed by atoms with E-state index in [1.165, 1.54) is 109 Å². The maximum absolute atomic E-state index is 11.0. The highest BCUT2D eigenvalue weighted by molar-refractivity contribution is 6.04. The Balaban J connectivity index is 0. The van der Waals surface area contributed by atoms with Gasteiger partial charge in [0.05, 0.1) is 6.61 Å². The molecule has 0 aromatic carbocycles. The Morgan fingerprint density at radius 2 is 1.02 bits per heavy atom. The van der Waals surface area contributed by atoms with Crippen molar-refractivity contribution >= 4 is 23.9 Å². The lowest BCUT2D eigenvalue weighted by atomic mass is 10.1. The number of unbranched alkanes of at least 4 members (excludes halogenated alkanes) is 18. The Labute approximate surface area is 242 Å². The van der Waals surface area contributed by atoms with Crippen LogP contribution in [0.15, 0.2) is 24.3 Å². The van der Waals surface area contributed by atoms with Crippen LogP contribution in [0.1, 0.15) is 142 Å². The third kappa shape index (κ3) is 35.5. The third-order valence-electron chi connectivity index (χ3n) is 6.17. The number of cyclic esters (lactones) is 2. The first-order valence-corrected chi connectivity index (χ1v) is 15.5. The number of aliphatic hydroxyl groups excluding tert-OH is 1. The molecule has 8 nitrogen and oxygen atoms in total. The van der Waals surface area contributed by atoms with E-state index in [2.05, 4.69) is 18.6 Å². The molecular weight excluding hydrogens is 512 g/mol. The number of carboxylic acid groups (broad SMARTS) is 1. The number of carbonyl (C=O) groups excluding carboxylic acids is 3. The summed E-state index contributed by atoms with van der Waals surface area (Å²) in [6.07, 6.45) is 29.5. The maximum atomic E-state index is 11.0. The molecule has 1 rings (SSSR count). The maximum Gasteiger partial charge on any atom is 0.338 e. The first kappa shape index (κ1) is 39.7. The van der Waals surface area contributed by atoms with Crippen LogP contribution in [0.3, 0.4) is 0 Å². The van der Waals surface area contributed by atoms with Crippen molar-refractivity contribution in [2.45, 2.75) is 142 Å². The number of aliphatic hydroxyl groups is 1. The van der Waals surface area contributed by atoms with Gasteiger partial charge in [0.15, 0.2) is 0 Å². The lowest BCUT2D eigenvalue weighted by Crippen LogP contribution is -2.03. The van der Waals surface area contributed by atoms with Crippen LogP contribution in [-0.4, -0.2) is 47.3 Å². The molecule has 0 atom stereocenters. The molecule has 0 spiro atoms. The number of rotatable bonds is 23. The zero-order valence-corrected chi connectivity index (χ0v) is 25.2. The molecule has 0 bridgehead atoms. The van der Waals surface area contributed by atoms with Gasteiger partial charge in [-0.1, -0.05) is 129 Å². The number of ether oxygens (including phenoxy) is 2. The Morgan fingerprint density at radius 3 is 1.35 bits per heavy atom. The zero-order valence-electron chi connectivity index (χ0n) is 25.2. The van der Waals surface area contributed by atoms with Gasteiger partial charge >= 0.3 is 23.9 Å². The van der Waals surface area contributed by atoms with Gasteiger partial charge in [-0.15, -0.1) is 0 Å². The molecule has 0 aromatic heterocycles. The minimum absolute atomic E-state index is 0.372. The van der Waals surface area contributed by atoms with Gasteiger partial charge in [0.1, 0.15) is 0 Å². The van der Waals surface area contributed by atoms with Gasteiger partial charge in [-0.05, 0) is 12.8 Å². The van der Waals surface area contributed by atoms with E-state index in [4.69, 9.17) is 14.9 Å². The van der Waals surface area contributed by atoms with Crippen molar-refractivity contribution in [3.8, 4) is 0 Å². The van der Waals surface area contributed by atoms with E-state index in [9.17, 15) is 19.2 Å². The molecular formula is C32H56O8. The molecule has 2 N–H and O–H groups in total. The third-order valence-corrected chi connectivity index (χ3v) is 6.17. The molecule has 0 saturated carbocycles. The number of carboxylic acids is 1. The molecule has 0 unspecified atom stereocenters. The summed E-state index contributed by atoms with van der Waals surface area (Å²) in [6, 6.07) is 0. The van der Waals surface area contributed by atoms with E-state index in [0.29, 0.717) is 13.2 Å². The molecule has 0 radical (unpaired) electrons. The summed E-state index contributed by atoms with van der Waals surface area (Å²) in [5.74, 6) is -2.88. The SMILES string of the molecule is CCCCCCCCCCCCO.CCCCCCCCCCCCOC(=O)/C=C\C(=O)O.O=C1C=CC(=O)O1. The normalized spacial score (nSPS) is 12.0. The fraction of sp³-hybridized carbons (Fsp3) is 0.750. The van der Waals surface area contributed by atoms with Crippen LogP contribution < -0.4 is 0 Å². The van der Waals surface area contributed by atoms with E-state index in [1.807, 2.05) is 0 Å². The second kappa shape index (κ2) is 32.7. The average Bonchev–Trinajstić information content (AvgIpc) is 3.32. The van der Waals surface area contributed by atoms with Crippen LogP contribution in [0.4, 0.5) is 0 Å². The van der Waals surface area contributed by atoms with E-state index in [-0.39, 0.29) is 0 Å². The molecule has 0 saturated heterocycles. The summed E-state index contributed by atoms with van der Waals surface area (Å²) in [5, 5.41) is 16.9. The van der Waals surface area contributed by atoms with Gasteiger partial charge in [-0.2, -0.15) is 0 Å². The predicted octanol–water partition coefficient (Wildman–Crippen LogP) is 7.62. The van der Waals surface area contributed by atoms with Crippen LogP contribution in [0, 0.1) is 0 Å². The molecule has 8 heteroatoms. The van der Waals surface area contributed by atoms with Crippen molar-refractivity contribution in [2.75, 3.05) is 13.2 Å². The fourth-order valence-electron chi connectivity index (χ4n) is 3.85. The van der Waals surface area contributed by atoms with Crippen molar-refractivity contribution in [3.05, 3.63) is 24.3 Å². The number of hydrogen-bond acceptors (Lipinski definition) is 7. The van der Waals surface area contributed by atoms with Crippen LogP contribution in [0.5, 0.6) is 0 Å². The lowest BCUT2D eigenvalue weighted by molar-refractivity contribution is -0.150. The van der Waals surface area contributed by atoms with E-state index < -0.39 is 23.9 Å². The summed E-state index contributed by atoms with van der Waals surface area (Å²) in [5.41, 5.74) is 0. The zero-order chi connectivity index (χ0) is 30.1. The summed E-state index contributed by atoms with van der Waals surface area (Å²) in [4.78, 5) is 41.1. The molecule has 0 fully saturated rings. The smallest absolute Gasteiger partial charge is 0.338 e. The second-order valence-electron chi connectivity index (χ2n) is 10.0. The van der Waals surface area contributed by atoms with Gasteiger partial charge in [-0.25, -0.2) is 19.2 Å². The van der Waals surface area contributed by atoms with Gasteiger partial charge in [0.2, 0.25) is 0 Å². The summed E-state index contributed by atoms with van der Waals surface area (Å²) in [7, 11) is 0. The molecule has 232 valence electrons. The van der Waals surface area contributed by atoms with E-state index in [1.54, 1.807) is 0 Å². The standard InChI is InChI=1S/C16H28O4.C12H26O.C4H2O3/c1-2-3-4-5-6-7-8-9-10-11-14-20-16(19)13-12-15(17)18;1-2-3-4-5-6-7-8-9-10-11-12-13;5-3-1-2-4(6)7-3/h12-13H,2-11,14H2,1H3,(H,17,18);13H,2-12H2,1H3;1-2H/b13-12-;;. The molecule has 0 aliphatic carbocycles. The Bertz CT molecular complexity index is 658. The number of carbonyl (C=O) groups is 4. The van der Waals surface area contributed by atoms with Crippen LogP contribution in [0.2, 0.25) is 0 Å². The van der Waals surface area contributed by atoms with Crippen molar-refractivity contribution < 1.29 is 38.9 Å². The lowest BCUT2D eigenvalue weighted by Gasteiger charge is -2.03. The minimum atomic E-state index is -1.14. The average molecular weight is 569 g/mol. The summed E-state index contributed by atoms with van der Waals surface area (Å²) in [6.45, 7) is 5.23. The highest BCUT2D eigenvalue weighted by atomic mass is 16.6. The van der Waals surface area contributed by atoms with Crippen molar-refractivity contribution in [3.63, 3.8) is 0 Å². The van der Waals surface area contributed by atoms with Crippen LogP contribution in [-0.2, 0) is 28.7 Å². The Hall–Kier alpha value is -2.48.